The Balaban J connectivity index is 1.88. The molecule has 2 fully saturated rings. The van der Waals surface area contributed by atoms with Gasteiger partial charge >= 0.3 is 5.97 Å². The van der Waals surface area contributed by atoms with Crippen LogP contribution < -0.4 is 0 Å². The lowest BCUT2D eigenvalue weighted by molar-refractivity contribution is -0.150. The zero-order valence-corrected chi connectivity index (χ0v) is 12.7. The van der Waals surface area contributed by atoms with E-state index in [2.05, 4.69) is 18.7 Å². The predicted molar refractivity (Wildman–Crippen MR) is 76.9 cm³/mol. The molecule has 1 aliphatic carbocycles. The van der Waals surface area contributed by atoms with Gasteiger partial charge < -0.3 is 4.74 Å². The van der Waals surface area contributed by atoms with Gasteiger partial charge in [0.1, 0.15) is 0 Å². The van der Waals surface area contributed by atoms with Gasteiger partial charge in [0.05, 0.1) is 12.5 Å². The van der Waals surface area contributed by atoms with E-state index in [1.165, 1.54) is 25.8 Å². The van der Waals surface area contributed by atoms with Crippen molar-refractivity contribution in [3.63, 3.8) is 0 Å². The number of ether oxygens (including phenoxy) is 1. The quantitative estimate of drug-likeness (QED) is 0.736. The topological polar surface area (TPSA) is 29.5 Å². The number of hydrogen-bond donors (Lipinski definition) is 0. The molecule has 2 rings (SSSR count). The van der Waals surface area contributed by atoms with Gasteiger partial charge in [-0.05, 0) is 57.4 Å². The summed E-state index contributed by atoms with van der Waals surface area (Å²) in [4.78, 5) is 14.5. The van der Waals surface area contributed by atoms with Crippen molar-refractivity contribution in [2.24, 2.45) is 17.8 Å². The molecule has 0 amide bonds. The summed E-state index contributed by atoms with van der Waals surface area (Å²) in [6.45, 7) is 9.24. The minimum absolute atomic E-state index is 0.0180. The van der Waals surface area contributed by atoms with Crippen LogP contribution in [0.3, 0.4) is 0 Å². The van der Waals surface area contributed by atoms with Gasteiger partial charge in [-0.2, -0.15) is 0 Å². The highest BCUT2D eigenvalue weighted by Gasteiger charge is 2.33. The Morgan fingerprint density at radius 1 is 1.21 bits per heavy atom. The molecule has 1 heterocycles. The molecule has 3 heteroatoms. The van der Waals surface area contributed by atoms with E-state index in [-0.39, 0.29) is 11.9 Å². The molecular formula is C16H29NO2. The minimum Gasteiger partial charge on any atom is -0.466 e. The van der Waals surface area contributed by atoms with Crippen molar-refractivity contribution in [1.29, 1.82) is 0 Å². The fourth-order valence-electron chi connectivity index (χ4n) is 3.64. The van der Waals surface area contributed by atoms with Gasteiger partial charge in [-0.1, -0.05) is 13.8 Å². The van der Waals surface area contributed by atoms with E-state index in [0.717, 1.165) is 31.2 Å². The van der Waals surface area contributed by atoms with Crippen LogP contribution in [-0.4, -0.2) is 36.6 Å². The minimum atomic E-state index is 0.0180. The van der Waals surface area contributed by atoms with Crippen molar-refractivity contribution in [3.05, 3.63) is 0 Å². The van der Waals surface area contributed by atoms with Crippen LogP contribution in [0, 0.1) is 17.8 Å². The van der Waals surface area contributed by atoms with Crippen molar-refractivity contribution < 1.29 is 9.53 Å². The number of rotatable bonds is 3. The maximum atomic E-state index is 11.9. The lowest BCUT2D eigenvalue weighted by Gasteiger charge is -2.42. The Kier molecular flexibility index (Phi) is 5.26. The van der Waals surface area contributed by atoms with E-state index in [1.54, 1.807) is 0 Å². The number of piperidine rings is 1. The molecule has 1 saturated heterocycles. The fourth-order valence-corrected chi connectivity index (χ4v) is 3.64. The van der Waals surface area contributed by atoms with Crippen molar-refractivity contribution in [1.82, 2.24) is 4.90 Å². The summed E-state index contributed by atoms with van der Waals surface area (Å²) in [6, 6.07) is 0.698. The lowest BCUT2D eigenvalue weighted by atomic mass is 9.78. The van der Waals surface area contributed by atoms with Crippen molar-refractivity contribution in [2.75, 3.05) is 19.7 Å². The van der Waals surface area contributed by atoms with Gasteiger partial charge in [0.2, 0.25) is 0 Å². The Hall–Kier alpha value is -0.570. The molecule has 1 saturated carbocycles. The Morgan fingerprint density at radius 3 is 2.68 bits per heavy atom. The van der Waals surface area contributed by atoms with E-state index >= 15 is 0 Å². The first-order chi connectivity index (χ1) is 9.11. The summed E-state index contributed by atoms with van der Waals surface area (Å²) in [7, 11) is 0. The summed E-state index contributed by atoms with van der Waals surface area (Å²) in [5, 5.41) is 0. The normalized spacial score (nSPS) is 37.0. The Bertz CT molecular complexity index is 305. The fraction of sp³-hybridized carbons (Fsp3) is 0.938. The molecule has 0 bridgehead atoms. The van der Waals surface area contributed by atoms with Crippen LogP contribution in [0.4, 0.5) is 0 Å². The van der Waals surface area contributed by atoms with Gasteiger partial charge in [-0.3, -0.25) is 9.69 Å². The summed E-state index contributed by atoms with van der Waals surface area (Å²) in [5.41, 5.74) is 0. The molecule has 4 unspecified atom stereocenters. The SMILES string of the molecule is CCOC(=O)C1CCCN(C2CCC(C)C(C)C2)C1. The van der Waals surface area contributed by atoms with Gasteiger partial charge in [0.25, 0.3) is 0 Å². The molecule has 2 aliphatic rings. The molecule has 0 aromatic rings. The smallest absolute Gasteiger partial charge is 0.310 e. The van der Waals surface area contributed by atoms with Gasteiger partial charge in [0.15, 0.2) is 0 Å². The van der Waals surface area contributed by atoms with Gasteiger partial charge in [-0.15, -0.1) is 0 Å². The average Bonchev–Trinajstić information content (AvgIpc) is 2.42. The summed E-state index contributed by atoms with van der Waals surface area (Å²) < 4.78 is 5.19. The van der Waals surface area contributed by atoms with Crippen molar-refractivity contribution in [2.45, 2.75) is 58.9 Å². The zero-order chi connectivity index (χ0) is 13.8. The predicted octanol–water partition coefficient (Wildman–Crippen LogP) is 3.09. The summed E-state index contributed by atoms with van der Waals surface area (Å²) >= 11 is 0. The molecule has 19 heavy (non-hydrogen) atoms. The van der Waals surface area contributed by atoms with Gasteiger partial charge in [-0.25, -0.2) is 0 Å². The van der Waals surface area contributed by atoms with Crippen LogP contribution in [0.25, 0.3) is 0 Å². The van der Waals surface area contributed by atoms with E-state index in [9.17, 15) is 4.79 Å². The number of esters is 1. The molecule has 0 N–H and O–H groups in total. The third-order valence-electron chi connectivity index (χ3n) is 5.16. The molecule has 110 valence electrons. The average molecular weight is 267 g/mol. The number of carbonyl (C=O) groups is 1. The molecule has 0 aromatic carbocycles. The van der Waals surface area contributed by atoms with Crippen LogP contribution in [0.15, 0.2) is 0 Å². The van der Waals surface area contributed by atoms with Crippen LogP contribution in [0.1, 0.15) is 52.9 Å². The largest absolute Gasteiger partial charge is 0.466 e. The highest BCUT2D eigenvalue weighted by Crippen LogP contribution is 2.34. The first-order valence-corrected chi connectivity index (χ1v) is 8.02. The van der Waals surface area contributed by atoms with Crippen molar-refractivity contribution >= 4 is 5.97 Å². The molecule has 0 spiro atoms. The maximum absolute atomic E-state index is 11.9. The van der Waals surface area contributed by atoms with E-state index in [4.69, 9.17) is 4.74 Å². The standard InChI is InChI=1S/C16H29NO2/c1-4-19-16(18)14-6-5-9-17(11-14)15-8-7-12(2)13(3)10-15/h12-15H,4-11H2,1-3H3. The molecule has 0 aromatic heterocycles. The zero-order valence-electron chi connectivity index (χ0n) is 12.7. The highest BCUT2D eigenvalue weighted by atomic mass is 16.5. The number of carbonyl (C=O) groups excluding carboxylic acids is 1. The first kappa shape index (κ1) is 14.8. The van der Waals surface area contributed by atoms with Crippen molar-refractivity contribution in [3.8, 4) is 0 Å². The number of hydrogen-bond acceptors (Lipinski definition) is 3. The van der Waals surface area contributed by atoms with Crippen LogP contribution in [0.5, 0.6) is 0 Å². The third-order valence-corrected chi connectivity index (χ3v) is 5.16. The van der Waals surface area contributed by atoms with E-state index in [0.29, 0.717) is 12.6 Å². The molecule has 1 aliphatic heterocycles. The molecule has 3 nitrogen and oxygen atoms in total. The van der Waals surface area contributed by atoms with Crippen LogP contribution >= 0.6 is 0 Å². The monoisotopic (exact) mass is 267 g/mol. The van der Waals surface area contributed by atoms with Crippen LogP contribution in [0.2, 0.25) is 0 Å². The number of likely N-dealkylation sites (tertiary alicyclic amines) is 1. The number of nitrogens with zero attached hydrogens (tertiary/aromatic N) is 1. The third kappa shape index (κ3) is 3.71. The van der Waals surface area contributed by atoms with Crippen LogP contribution in [-0.2, 0) is 9.53 Å². The first-order valence-electron chi connectivity index (χ1n) is 8.02. The molecular weight excluding hydrogens is 238 g/mol. The highest BCUT2D eigenvalue weighted by molar-refractivity contribution is 5.72. The lowest BCUT2D eigenvalue weighted by Crippen LogP contribution is -2.47. The van der Waals surface area contributed by atoms with E-state index < -0.39 is 0 Å². The summed E-state index contributed by atoms with van der Waals surface area (Å²) in [6.07, 6.45) is 6.10. The molecule has 4 atom stereocenters. The Labute approximate surface area is 117 Å². The second kappa shape index (κ2) is 6.74. The molecule has 0 radical (unpaired) electrons. The summed E-state index contributed by atoms with van der Waals surface area (Å²) in [5.74, 6) is 1.82. The second-order valence-electron chi connectivity index (χ2n) is 6.51. The van der Waals surface area contributed by atoms with E-state index in [1.807, 2.05) is 6.92 Å². The van der Waals surface area contributed by atoms with Gasteiger partial charge in [0, 0.05) is 12.6 Å². The Morgan fingerprint density at radius 2 is 2.00 bits per heavy atom. The maximum Gasteiger partial charge on any atom is 0.310 e. The second-order valence-corrected chi connectivity index (χ2v) is 6.51.